The second-order valence-corrected chi connectivity index (χ2v) is 6.18. The second-order valence-electron chi connectivity index (χ2n) is 4.96. The molecular formula is C12H24N2S. The van der Waals surface area contributed by atoms with Crippen LogP contribution >= 0.6 is 11.8 Å². The maximum absolute atomic E-state index is 5.92. The average Bonchev–Trinajstić information content (AvgIpc) is 2.29. The number of rotatable bonds is 2. The molecule has 3 heteroatoms. The van der Waals surface area contributed by atoms with Crippen LogP contribution < -0.4 is 5.73 Å². The van der Waals surface area contributed by atoms with Gasteiger partial charge in [-0.25, -0.2) is 0 Å². The van der Waals surface area contributed by atoms with Gasteiger partial charge in [-0.05, 0) is 44.1 Å². The summed E-state index contributed by atoms with van der Waals surface area (Å²) < 4.78 is 0. The van der Waals surface area contributed by atoms with Crippen LogP contribution in [0, 0.1) is 0 Å². The Hall–Kier alpha value is 0.270. The Kier molecular flexibility index (Phi) is 4.35. The maximum atomic E-state index is 5.92. The monoisotopic (exact) mass is 228 g/mol. The zero-order chi connectivity index (χ0) is 10.7. The molecule has 2 atom stereocenters. The molecule has 88 valence electrons. The molecule has 2 heterocycles. The highest BCUT2D eigenvalue weighted by Crippen LogP contribution is 2.30. The van der Waals surface area contributed by atoms with E-state index in [4.69, 9.17) is 5.73 Å². The Morgan fingerprint density at radius 3 is 2.60 bits per heavy atom. The first-order chi connectivity index (χ1) is 7.33. The fourth-order valence-electron chi connectivity index (χ4n) is 3.19. The number of piperidine rings is 1. The third-order valence-electron chi connectivity index (χ3n) is 3.97. The summed E-state index contributed by atoms with van der Waals surface area (Å²) in [5.41, 5.74) is 5.92. The molecule has 0 bridgehead atoms. The Bertz CT molecular complexity index is 192. The normalized spacial score (nSPS) is 35.6. The van der Waals surface area contributed by atoms with Crippen LogP contribution in [0.3, 0.4) is 0 Å². The molecule has 2 N–H and O–H groups in total. The van der Waals surface area contributed by atoms with Crippen molar-refractivity contribution < 1.29 is 0 Å². The molecule has 0 aromatic carbocycles. The van der Waals surface area contributed by atoms with Gasteiger partial charge in [0, 0.05) is 24.7 Å². The van der Waals surface area contributed by atoms with E-state index in [1.54, 1.807) is 0 Å². The number of likely N-dealkylation sites (tertiary alicyclic amines) is 1. The lowest BCUT2D eigenvalue weighted by atomic mass is 9.92. The van der Waals surface area contributed by atoms with Crippen LogP contribution in [0.1, 0.15) is 39.0 Å². The van der Waals surface area contributed by atoms with Gasteiger partial charge in [-0.15, -0.1) is 0 Å². The van der Waals surface area contributed by atoms with E-state index >= 15 is 0 Å². The maximum Gasteiger partial charge on any atom is 0.0224 e. The Morgan fingerprint density at radius 1 is 1.20 bits per heavy atom. The topological polar surface area (TPSA) is 29.3 Å². The van der Waals surface area contributed by atoms with Gasteiger partial charge in [0.25, 0.3) is 0 Å². The van der Waals surface area contributed by atoms with Crippen LogP contribution in [-0.4, -0.2) is 41.1 Å². The first-order valence-corrected chi connectivity index (χ1v) is 7.53. The third kappa shape index (κ3) is 2.69. The van der Waals surface area contributed by atoms with E-state index in [1.165, 1.54) is 43.6 Å². The SMILES string of the molecule is CC1CCCC(CN)N1C1CCSCC1. The summed E-state index contributed by atoms with van der Waals surface area (Å²) in [6.45, 7) is 3.25. The van der Waals surface area contributed by atoms with Gasteiger partial charge < -0.3 is 5.73 Å². The minimum absolute atomic E-state index is 0.668. The van der Waals surface area contributed by atoms with E-state index in [0.29, 0.717) is 6.04 Å². The molecule has 0 aliphatic carbocycles. The van der Waals surface area contributed by atoms with Gasteiger partial charge >= 0.3 is 0 Å². The van der Waals surface area contributed by atoms with Gasteiger partial charge in [-0.3, -0.25) is 4.90 Å². The molecule has 2 fully saturated rings. The largest absolute Gasteiger partial charge is 0.329 e. The molecule has 2 aliphatic rings. The number of nitrogens with two attached hydrogens (primary N) is 1. The lowest BCUT2D eigenvalue weighted by Gasteiger charge is -2.46. The molecule has 0 spiro atoms. The van der Waals surface area contributed by atoms with Gasteiger partial charge in [0.2, 0.25) is 0 Å². The summed E-state index contributed by atoms with van der Waals surface area (Å²) in [4.78, 5) is 2.75. The predicted octanol–water partition coefficient (Wildman–Crippen LogP) is 2.08. The summed E-state index contributed by atoms with van der Waals surface area (Å²) in [5, 5.41) is 0. The molecular weight excluding hydrogens is 204 g/mol. The summed E-state index contributed by atoms with van der Waals surface area (Å²) in [6.07, 6.45) is 6.84. The second kappa shape index (κ2) is 5.55. The van der Waals surface area contributed by atoms with Crippen molar-refractivity contribution >= 4 is 11.8 Å². The smallest absolute Gasteiger partial charge is 0.0224 e. The van der Waals surface area contributed by atoms with Crippen molar-refractivity contribution in [3.63, 3.8) is 0 Å². The molecule has 2 rings (SSSR count). The first-order valence-electron chi connectivity index (χ1n) is 6.38. The highest BCUT2D eigenvalue weighted by atomic mass is 32.2. The van der Waals surface area contributed by atoms with Gasteiger partial charge in [0.15, 0.2) is 0 Å². The lowest BCUT2D eigenvalue weighted by molar-refractivity contribution is 0.0460. The van der Waals surface area contributed by atoms with Crippen molar-refractivity contribution in [3.8, 4) is 0 Å². The van der Waals surface area contributed by atoms with Crippen molar-refractivity contribution in [2.24, 2.45) is 5.73 Å². The molecule has 0 saturated carbocycles. The van der Waals surface area contributed by atoms with Gasteiger partial charge in [0.1, 0.15) is 0 Å². The zero-order valence-corrected chi connectivity index (χ0v) is 10.6. The van der Waals surface area contributed by atoms with Gasteiger partial charge in [-0.2, -0.15) is 11.8 Å². The molecule has 2 unspecified atom stereocenters. The van der Waals surface area contributed by atoms with E-state index < -0.39 is 0 Å². The first kappa shape index (κ1) is 11.7. The van der Waals surface area contributed by atoms with Crippen LogP contribution in [0.15, 0.2) is 0 Å². The summed E-state index contributed by atoms with van der Waals surface area (Å²) in [7, 11) is 0. The zero-order valence-electron chi connectivity index (χ0n) is 9.82. The fraction of sp³-hybridized carbons (Fsp3) is 1.00. The van der Waals surface area contributed by atoms with Crippen LogP contribution in [0.5, 0.6) is 0 Å². The minimum Gasteiger partial charge on any atom is -0.329 e. The molecule has 0 aromatic rings. The van der Waals surface area contributed by atoms with Crippen molar-refractivity contribution in [1.82, 2.24) is 4.90 Å². The van der Waals surface area contributed by atoms with Crippen molar-refractivity contribution in [2.45, 2.75) is 57.2 Å². The molecule has 0 aromatic heterocycles. The number of hydrogen-bond acceptors (Lipinski definition) is 3. The van der Waals surface area contributed by atoms with Crippen molar-refractivity contribution in [3.05, 3.63) is 0 Å². The number of thioether (sulfide) groups is 1. The van der Waals surface area contributed by atoms with Crippen molar-refractivity contribution in [2.75, 3.05) is 18.1 Å². The molecule has 0 radical (unpaired) electrons. The molecule has 15 heavy (non-hydrogen) atoms. The van der Waals surface area contributed by atoms with E-state index in [9.17, 15) is 0 Å². The average molecular weight is 228 g/mol. The Labute approximate surface area is 98.0 Å². The van der Waals surface area contributed by atoms with Crippen LogP contribution in [0.4, 0.5) is 0 Å². The number of nitrogens with zero attached hydrogens (tertiary/aromatic N) is 1. The van der Waals surface area contributed by atoms with E-state index in [-0.39, 0.29) is 0 Å². The quantitative estimate of drug-likeness (QED) is 0.784. The standard InChI is InChI=1S/C12H24N2S/c1-10-3-2-4-12(9-13)14(10)11-5-7-15-8-6-11/h10-12H,2-9,13H2,1H3. The van der Waals surface area contributed by atoms with E-state index in [0.717, 1.165) is 18.6 Å². The summed E-state index contributed by atoms with van der Waals surface area (Å²) in [5.74, 6) is 2.70. The van der Waals surface area contributed by atoms with Crippen LogP contribution in [0.25, 0.3) is 0 Å². The predicted molar refractivity (Wildman–Crippen MR) is 68.3 cm³/mol. The van der Waals surface area contributed by atoms with Crippen molar-refractivity contribution in [1.29, 1.82) is 0 Å². The molecule has 2 nitrogen and oxygen atoms in total. The van der Waals surface area contributed by atoms with Gasteiger partial charge in [0.05, 0.1) is 0 Å². The summed E-state index contributed by atoms with van der Waals surface area (Å²) in [6, 6.07) is 2.26. The van der Waals surface area contributed by atoms with Crippen LogP contribution in [0.2, 0.25) is 0 Å². The number of hydrogen-bond donors (Lipinski definition) is 1. The van der Waals surface area contributed by atoms with Gasteiger partial charge in [-0.1, -0.05) is 6.42 Å². The third-order valence-corrected chi connectivity index (χ3v) is 5.02. The highest BCUT2D eigenvalue weighted by Gasteiger charge is 2.33. The Balaban J connectivity index is 2.00. The van der Waals surface area contributed by atoms with E-state index in [1.807, 2.05) is 0 Å². The molecule has 2 aliphatic heterocycles. The fourth-order valence-corrected chi connectivity index (χ4v) is 4.27. The Morgan fingerprint density at radius 2 is 1.93 bits per heavy atom. The lowest BCUT2D eigenvalue weighted by Crippen LogP contribution is -2.54. The van der Waals surface area contributed by atoms with Crippen LogP contribution in [-0.2, 0) is 0 Å². The molecule has 2 saturated heterocycles. The highest BCUT2D eigenvalue weighted by molar-refractivity contribution is 7.99. The molecule has 0 amide bonds. The summed E-state index contributed by atoms with van der Waals surface area (Å²) >= 11 is 2.11. The minimum atomic E-state index is 0.668. The van der Waals surface area contributed by atoms with E-state index in [2.05, 4.69) is 23.6 Å².